The number of nitrogens with one attached hydrogen (secondary N) is 2. The molecule has 2 amide bonds. The van der Waals surface area contributed by atoms with Crippen LogP contribution in [0, 0.1) is 0 Å². The fraction of sp³-hybridized carbons (Fsp3) is 0.263. The van der Waals surface area contributed by atoms with Crippen LogP contribution < -0.4 is 25.0 Å². The van der Waals surface area contributed by atoms with Gasteiger partial charge in [0.05, 0.1) is 31.6 Å². The Kier molecular flexibility index (Phi) is 5.26. The van der Waals surface area contributed by atoms with Crippen LogP contribution in [0.1, 0.15) is 0 Å². The van der Waals surface area contributed by atoms with E-state index in [1.54, 1.807) is 32.4 Å². The zero-order chi connectivity index (χ0) is 18.5. The first-order chi connectivity index (χ1) is 12.6. The number of likely N-dealkylation sites (N-methyl/N-ethyl adjacent to an activating group) is 1. The van der Waals surface area contributed by atoms with Gasteiger partial charge in [0.1, 0.15) is 11.5 Å². The van der Waals surface area contributed by atoms with Crippen molar-refractivity contribution in [2.45, 2.75) is 6.10 Å². The largest absolute Gasteiger partial charge is 0.495 e. The quantitative estimate of drug-likeness (QED) is 0.852. The van der Waals surface area contributed by atoms with Gasteiger partial charge in [0, 0.05) is 7.05 Å². The fourth-order valence-electron chi connectivity index (χ4n) is 2.87. The van der Waals surface area contributed by atoms with Crippen molar-refractivity contribution in [2.24, 2.45) is 0 Å². The van der Waals surface area contributed by atoms with E-state index in [2.05, 4.69) is 10.6 Å². The molecule has 2 aromatic rings. The summed E-state index contributed by atoms with van der Waals surface area (Å²) in [6, 6.07) is 14.6. The number of hydrogen-bond donors (Lipinski definition) is 2. The summed E-state index contributed by atoms with van der Waals surface area (Å²) in [7, 11) is 3.11. The molecule has 1 atom stereocenters. The molecule has 0 aliphatic carbocycles. The third kappa shape index (κ3) is 3.72. The van der Waals surface area contributed by atoms with Crippen molar-refractivity contribution in [1.82, 2.24) is 5.32 Å². The first-order valence-corrected chi connectivity index (χ1v) is 8.27. The third-order valence-electron chi connectivity index (χ3n) is 4.12. The molecule has 1 heterocycles. The van der Waals surface area contributed by atoms with Crippen LogP contribution in [0.5, 0.6) is 11.5 Å². The molecule has 3 rings (SSSR count). The van der Waals surface area contributed by atoms with Crippen molar-refractivity contribution in [3.63, 3.8) is 0 Å². The molecule has 0 unspecified atom stereocenters. The molecular weight excluding hydrogens is 334 g/mol. The number of benzene rings is 2. The maximum Gasteiger partial charge on any atom is 0.262 e. The first kappa shape index (κ1) is 17.6. The monoisotopic (exact) mass is 355 g/mol. The van der Waals surface area contributed by atoms with Gasteiger partial charge in [-0.1, -0.05) is 24.3 Å². The molecule has 0 aromatic heterocycles. The second-order valence-corrected chi connectivity index (χ2v) is 5.82. The Bertz CT molecular complexity index is 809. The van der Waals surface area contributed by atoms with E-state index in [1.807, 2.05) is 35.2 Å². The van der Waals surface area contributed by atoms with Gasteiger partial charge in [0.25, 0.3) is 5.91 Å². The molecule has 0 radical (unpaired) electrons. The minimum Gasteiger partial charge on any atom is -0.495 e. The number of nitrogens with zero attached hydrogens (tertiary/aromatic N) is 1. The lowest BCUT2D eigenvalue weighted by Crippen LogP contribution is -2.50. The van der Waals surface area contributed by atoms with Gasteiger partial charge in [-0.2, -0.15) is 0 Å². The third-order valence-corrected chi connectivity index (χ3v) is 4.12. The highest BCUT2D eigenvalue weighted by Crippen LogP contribution is 2.33. The predicted octanol–water partition coefficient (Wildman–Crippen LogP) is 1.65. The van der Waals surface area contributed by atoms with Crippen molar-refractivity contribution in [3.05, 3.63) is 48.5 Å². The number of methoxy groups -OCH3 is 1. The predicted molar refractivity (Wildman–Crippen MR) is 98.8 cm³/mol. The van der Waals surface area contributed by atoms with Crippen LogP contribution in [-0.4, -0.2) is 45.2 Å². The molecule has 7 heteroatoms. The number of fused-ring (bicyclic) bond motifs is 1. The van der Waals surface area contributed by atoms with Crippen LogP contribution in [0.25, 0.3) is 0 Å². The first-order valence-electron chi connectivity index (χ1n) is 8.27. The number of amides is 2. The van der Waals surface area contributed by atoms with Crippen molar-refractivity contribution >= 4 is 23.2 Å². The number of carbonyl (C=O) groups is 2. The zero-order valence-corrected chi connectivity index (χ0v) is 14.7. The Morgan fingerprint density at radius 2 is 1.92 bits per heavy atom. The lowest BCUT2D eigenvalue weighted by Gasteiger charge is -2.35. The maximum absolute atomic E-state index is 12.6. The molecule has 0 saturated heterocycles. The number of carbonyl (C=O) groups excluding carboxylic acids is 2. The van der Waals surface area contributed by atoms with E-state index in [4.69, 9.17) is 9.47 Å². The number of para-hydroxylation sites is 4. The van der Waals surface area contributed by atoms with Gasteiger partial charge in [-0.25, -0.2) is 0 Å². The van der Waals surface area contributed by atoms with Crippen molar-refractivity contribution in [2.75, 3.05) is 37.5 Å². The van der Waals surface area contributed by atoms with Gasteiger partial charge in [-0.05, 0) is 24.3 Å². The van der Waals surface area contributed by atoms with E-state index in [-0.39, 0.29) is 24.9 Å². The fourth-order valence-corrected chi connectivity index (χ4v) is 2.87. The highest BCUT2D eigenvalue weighted by Gasteiger charge is 2.31. The Balaban J connectivity index is 1.77. The lowest BCUT2D eigenvalue weighted by molar-refractivity contribution is -0.127. The second kappa shape index (κ2) is 7.77. The topological polar surface area (TPSA) is 79.9 Å². The Labute approximate surface area is 151 Å². The lowest BCUT2D eigenvalue weighted by atomic mass is 10.1. The van der Waals surface area contributed by atoms with E-state index in [0.29, 0.717) is 17.2 Å². The molecule has 26 heavy (non-hydrogen) atoms. The standard InChI is InChI=1S/C19H21N3O4/c1-20-19(24)17-11-22(14-8-4-6-10-16(14)26-17)12-18(23)21-13-7-3-5-9-15(13)25-2/h3-10,17H,11-12H2,1-2H3,(H,20,24)(H,21,23)/t17-/m1/s1. The van der Waals surface area contributed by atoms with E-state index in [1.165, 1.54) is 0 Å². The summed E-state index contributed by atoms with van der Waals surface area (Å²) >= 11 is 0. The Morgan fingerprint density at radius 3 is 2.69 bits per heavy atom. The van der Waals surface area contributed by atoms with Gasteiger partial charge >= 0.3 is 0 Å². The van der Waals surface area contributed by atoms with E-state index < -0.39 is 6.10 Å². The van der Waals surface area contributed by atoms with Crippen molar-refractivity contribution in [1.29, 1.82) is 0 Å². The van der Waals surface area contributed by atoms with Gasteiger partial charge in [-0.15, -0.1) is 0 Å². The molecule has 0 fully saturated rings. The summed E-state index contributed by atoms with van der Waals surface area (Å²) in [5.41, 5.74) is 1.38. The summed E-state index contributed by atoms with van der Waals surface area (Å²) in [4.78, 5) is 26.4. The summed E-state index contributed by atoms with van der Waals surface area (Å²) in [6.07, 6.45) is -0.672. The highest BCUT2D eigenvalue weighted by molar-refractivity contribution is 5.96. The normalized spacial score (nSPS) is 15.5. The van der Waals surface area contributed by atoms with Crippen molar-refractivity contribution in [3.8, 4) is 11.5 Å². The minimum absolute atomic E-state index is 0.0892. The van der Waals surface area contributed by atoms with Gasteiger partial charge < -0.3 is 25.0 Å². The van der Waals surface area contributed by atoms with Gasteiger partial charge in [0.15, 0.2) is 6.10 Å². The van der Waals surface area contributed by atoms with Crippen molar-refractivity contribution < 1.29 is 19.1 Å². The van der Waals surface area contributed by atoms with E-state index >= 15 is 0 Å². The Morgan fingerprint density at radius 1 is 1.19 bits per heavy atom. The summed E-state index contributed by atoms with van der Waals surface area (Å²) in [5.74, 6) is 0.736. The second-order valence-electron chi connectivity index (χ2n) is 5.82. The molecule has 0 spiro atoms. The summed E-state index contributed by atoms with van der Waals surface area (Å²) in [5, 5.41) is 5.44. The summed E-state index contributed by atoms with van der Waals surface area (Å²) < 4.78 is 11.0. The molecule has 0 saturated carbocycles. The SMILES string of the molecule is CNC(=O)[C@H]1CN(CC(=O)Nc2ccccc2OC)c2ccccc2O1. The van der Waals surface area contributed by atoms with Crippen LogP contribution in [0.4, 0.5) is 11.4 Å². The molecule has 7 nitrogen and oxygen atoms in total. The van der Waals surface area contributed by atoms with Crippen LogP contribution in [0.2, 0.25) is 0 Å². The minimum atomic E-state index is -0.672. The maximum atomic E-state index is 12.6. The molecule has 2 N–H and O–H groups in total. The Hall–Kier alpha value is -3.22. The smallest absolute Gasteiger partial charge is 0.262 e. The average Bonchev–Trinajstić information content (AvgIpc) is 2.67. The molecule has 1 aliphatic heterocycles. The average molecular weight is 355 g/mol. The van der Waals surface area contributed by atoms with Crippen LogP contribution >= 0.6 is 0 Å². The summed E-state index contributed by atoms with van der Waals surface area (Å²) in [6.45, 7) is 0.377. The number of hydrogen-bond acceptors (Lipinski definition) is 5. The van der Waals surface area contributed by atoms with Gasteiger partial charge in [0.2, 0.25) is 5.91 Å². The number of ether oxygens (including phenoxy) is 2. The van der Waals surface area contributed by atoms with E-state index in [9.17, 15) is 9.59 Å². The van der Waals surface area contributed by atoms with E-state index in [0.717, 1.165) is 5.69 Å². The van der Waals surface area contributed by atoms with Crippen LogP contribution in [0.3, 0.4) is 0 Å². The number of rotatable bonds is 5. The highest BCUT2D eigenvalue weighted by atomic mass is 16.5. The molecule has 136 valence electrons. The molecular formula is C19H21N3O4. The molecule has 1 aliphatic rings. The zero-order valence-electron chi connectivity index (χ0n) is 14.7. The number of anilines is 2. The molecule has 2 aromatic carbocycles. The van der Waals surface area contributed by atoms with Crippen LogP contribution in [0.15, 0.2) is 48.5 Å². The van der Waals surface area contributed by atoms with Gasteiger partial charge in [-0.3, -0.25) is 9.59 Å². The van der Waals surface area contributed by atoms with Crippen LogP contribution in [-0.2, 0) is 9.59 Å². The molecule has 0 bridgehead atoms.